The highest BCUT2D eigenvalue weighted by Crippen LogP contribution is 2.34. The molecule has 4 heteroatoms. The fraction of sp³-hybridized carbons (Fsp3) is 0.294. The molecule has 0 saturated carbocycles. The van der Waals surface area contributed by atoms with Crippen LogP contribution in [0.2, 0.25) is 5.02 Å². The lowest BCUT2D eigenvalue weighted by molar-refractivity contribution is 0.199. The average molecular weight is 308 g/mol. The fourth-order valence-corrected chi connectivity index (χ4v) is 2.71. The molecule has 0 saturated heterocycles. The third-order valence-electron chi connectivity index (χ3n) is 3.76. The van der Waals surface area contributed by atoms with E-state index in [0.717, 1.165) is 11.3 Å². The van der Waals surface area contributed by atoms with Gasteiger partial charge in [-0.1, -0.05) is 29.8 Å². The molecule has 0 radical (unpaired) electrons. The predicted molar refractivity (Wildman–Crippen MR) is 85.3 cm³/mol. The highest BCUT2D eigenvalue weighted by atomic mass is 35.5. The number of rotatable bonds is 4. The molecular weight excluding hydrogens is 289 g/mol. The SMILES string of the molecule is CC(O)c1cc(F)ccc1N(C)C(C)c1ccccc1Cl. The van der Waals surface area contributed by atoms with E-state index in [2.05, 4.69) is 0 Å². The zero-order valence-corrected chi connectivity index (χ0v) is 13.1. The van der Waals surface area contributed by atoms with Crippen molar-refractivity contribution in [2.24, 2.45) is 0 Å². The monoisotopic (exact) mass is 307 g/mol. The molecule has 0 heterocycles. The lowest BCUT2D eigenvalue weighted by Gasteiger charge is -2.30. The summed E-state index contributed by atoms with van der Waals surface area (Å²) < 4.78 is 13.4. The lowest BCUT2D eigenvalue weighted by atomic mass is 10.0. The van der Waals surface area contributed by atoms with Crippen molar-refractivity contribution in [1.29, 1.82) is 0 Å². The number of aliphatic hydroxyl groups is 1. The molecule has 0 aliphatic carbocycles. The van der Waals surface area contributed by atoms with Gasteiger partial charge in [-0.2, -0.15) is 0 Å². The largest absolute Gasteiger partial charge is 0.389 e. The zero-order valence-electron chi connectivity index (χ0n) is 12.3. The van der Waals surface area contributed by atoms with Gasteiger partial charge < -0.3 is 10.0 Å². The first-order chi connectivity index (χ1) is 9.91. The summed E-state index contributed by atoms with van der Waals surface area (Å²) in [4.78, 5) is 1.99. The molecule has 2 rings (SSSR count). The Hall–Kier alpha value is -1.58. The van der Waals surface area contributed by atoms with E-state index in [1.807, 2.05) is 43.1 Å². The van der Waals surface area contributed by atoms with Crippen LogP contribution in [0.15, 0.2) is 42.5 Å². The molecule has 21 heavy (non-hydrogen) atoms. The molecule has 2 unspecified atom stereocenters. The van der Waals surface area contributed by atoms with Gasteiger partial charge >= 0.3 is 0 Å². The maximum Gasteiger partial charge on any atom is 0.123 e. The summed E-state index contributed by atoms with van der Waals surface area (Å²) in [6.07, 6.45) is -0.739. The lowest BCUT2D eigenvalue weighted by Crippen LogP contribution is -2.23. The molecule has 2 aromatic rings. The van der Waals surface area contributed by atoms with Crippen molar-refractivity contribution in [2.75, 3.05) is 11.9 Å². The van der Waals surface area contributed by atoms with E-state index in [1.165, 1.54) is 12.1 Å². The first-order valence-electron chi connectivity index (χ1n) is 6.86. The van der Waals surface area contributed by atoms with E-state index in [9.17, 15) is 9.50 Å². The number of anilines is 1. The maximum absolute atomic E-state index is 13.4. The molecule has 1 N–H and O–H groups in total. The number of aliphatic hydroxyl groups excluding tert-OH is 1. The van der Waals surface area contributed by atoms with Crippen molar-refractivity contribution in [1.82, 2.24) is 0 Å². The summed E-state index contributed by atoms with van der Waals surface area (Å²) in [5, 5.41) is 10.6. The van der Waals surface area contributed by atoms with E-state index in [4.69, 9.17) is 11.6 Å². The summed E-state index contributed by atoms with van der Waals surface area (Å²) in [7, 11) is 1.91. The Kier molecular flexibility index (Phi) is 4.86. The summed E-state index contributed by atoms with van der Waals surface area (Å²) >= 11 is 6.24. The van der Waals surface area contributed by atoms with Gasteiger partial charge in [0.25, 0.3) is 0 Å². The van der Waals surface area contributed by atoms with Crippen LogP contribution in [-0.2, 0) is 0 Å². The van der Waals surface area contributed by atoms with Crippen LogP contribution >= 0.6 is 11.6 Å². The fourth-order valence-electron chi connectivity index (χ4n) is 2.41. The Labute approximate surface area is 129 Å². The molecule has 0 bridgehead atoms. The summed E-state index contributed by atoms with van der Waals surface area (Å²) in [5.41, 5.74) is 2.35. The molecule has 0 aliphatic rings. The third-order valence-corrected chi connectivity index (χ3v) is 4.10. The van der Waals surface area contributed by atoms with Crippen LogP contribution in [0, 0.1) is 5.82 Å². The quantitative estimate of drug-likeness (QED) is 0.882. The molecule has 0 aromatic heterocycles. The second-order valence-corrected chi connectivity index (χ2v) is 5.59. The summed E-state index contributed by atoms with van der Waals surface area (Å²) in [6.45, 7) is 3.66. The Morgan fingerprint density at radius 3 is 2.38 bits per heavy atom. The average Bonchev–Trinajstić information content (AvgIpc) is 2.46. The van der Waals surface area contributed by atoms with Crippen LogP contribution < -0.4 is 4.90 Å². The van der Waals surface area contributed by atoms with Crippen LogP contribution in [0.1, 0.15) is 37.1 Å². The molecule has 0 spiro atoms. The van der Waals surface area contributed by atoms with Gasteiger partial charge in [-0.05, 0) is 43.7 Å². The molecule has 2 aromatic carbocycles. The molecule has 112 valence electrons. The van der Waals surface area contributed by atoms with Gasteiger partial charge in [0.05, 0.1) is 12.1 Å². The Bertz CT molecular complexity index is 630. The van der Waals surface area contributed by atoms with E-state index >= 15 is 0 Å². The van der Waals surface area contributed by atoms with Gasteiger partial charge in [-0.15, -0.1) is 0 Å². The van der Waals surface area contributed by atoms with Gasteiger partial charge in [0, 0.05) is 23.3 Å². The van der Waals surface area contributed by atoms with E-state index < -0.39 is 6.10 Å². The number of halogens is 2. The molecule has 2 atom stereocenters. The minimum atomic E-state index is -0.739. The standard InChI is InChI=1S/C17H19ClFNO/c1-11(14-6-4-5-7-16(14)18)20(3)17-9-8-13(19)10-15(17)12(2)21/h4-12,21H,1-3H3. The van der Waals surface area contributed by atoms with Gasteiger partial charge in [-0.25, -0.2) is 4.39 Å². The van der Waals surface area contributed by atoms with Crippen LogP contribution in [0.25, 0.3) is 0 Å². The summed E-state index contributed by atoms with van der Waals surface area (Å²) in [6, 6.07) is 12.1. The van der Waals surface area contributed by atoms with Crippen molar-refractivity contribution in [2.45, 2.75) is 26.0 Å². The number of nitrogens with zero attached hydrogens (tertiary/aromatic N) is 1. The second-order valence-electron chi connectivity index (χ2n) is 5.19. The van der Waals surface area contributed by atoms with Gasteiger partial charge in [0.1, 0.15) is 5.82 Å². The van der Waals surface area contributed by atoms with Gasteiger partial charge in [-0.3, -0.25) is 0 Å². The molecule has 0 aliphatic heterocycles. The van der Waals surface area contributed by atoms with Crippen molar-refractivity contribution < 1.29 is 9.50 Å². The van der Waals surface area contributed by atoms with Crippen molar-refractivity contribution >= 4 is 17.3 Å². The summed E-state index contributed by atoms with van der Waals surface area (Å²) in [5.74, 6) is -0.353. The van der Waals surface area contributed by atoms with Gasteiger partial charge in [0.15, 0.2) is 0 Å². The van der Waals surface area contributed by atoms with Crippen molar-refractivity contribution in [3.63, 3.8) is 0 Å². The molecule has 0 fully saturated rings. The first-order valence-corrected chi connectivity index (χ1v) is 7.24. The van der Waals surface area contributed by atoms with Crippen molar-refractivity contribution in [3.8, 4) is 0 Å². The predicted octanol–water partition coefficient (Wildman–Crippen LogP) is 4.73. The normalized spacial score (nSPS) is 13.8. The first kappa shape index (κ1) is 15.8. The number of hydrogen-bond acceptors (Lipinski definition) is 2. The Balaban J connectivity index is 2.40. The molecular formula is C17H19ClFNO. The topological polar surface area (TPSA) is 23.5 Å². The molecule has 0 amide bonds. The second kappa shape index (κ2) is 6.46. The van der Waals surface area contributed by atoms with E-state index in [-0.39, 0.29) is 11.9 Å². The zero-order chi connectivity index (χ0) is 15.6. The van der Waals surface area contributed by atoms with E-state index in [0.29, 0.717) is 10.6 Å². The smallest absolute Gasteiger partial charge is 0.123 e. The van der Waals surface area contributed by atoms with Crippen LogP contribution in [-0.4, -0.2) is 12.2 Å². The number of hydrogen-bond donors (Lipinski definition) is 1. The van der Waals surface area contributed by atoms with Crippen molar-refractivity contribution in [3.05, 3.63) is 64.4 Å². The minimum absolute atomic E-state index is 0.00154. The van der Waals surface area contributed by atoms with Crippen LogP contribution in [0.3, 0.4) is 0 Å². The van der Waals surface area contributed by atoms with Gasteiger partial charge in [0.2, 0.25) is 0 Å². The number of benzene rings is 2. The third kappa shape index (κ3) is 3.36. The molecule has 2 nitrogen and oxygen atoms in total. The highest BCUT2D eigenvalue weighted by Gasteiger charge is 2.19. The minimum Gasteiger partial charge on any atom is -0.389 e. The Morgan fingerprint density at radius 2 is 1.76 bits per heavy atom. The Morgan fingerprint density at radius 1 is 1.10 bits per heavy atom. The van der Waals surface area contributed by atoms with E-state index in [1.54, 1.807) is 13.0 Å². The maximum atomic E-state index is 13.4. The highest BCUT2D eigenvalue weighted by molar-refractivity contribution is 6.31. The van der Waals surface area contributed by atoms with Crippen LogP contribution in [0.4, 0.5) is 10.1 Å². The van der Waals surface area contributed by atoms with Crippen LogP contribution in [0.5, 0.6) is 0 Å².